The number of rotatable bonds is 7. The number of nitrogens with zero attached hydrogens (tertiary/aromatic N) is 1. The molecule has 3 aromatic rings. The van der Waals surface area contributed by atoms with Gasteiger partial charge in [-0.1, -0.05) is 30.3 Å². The van der Waals surface area contributed by atoms with Crippen LogP contribution in [0, 0.1) is 0 Å². The second-order valence-corrected chi connectivity index (χ2v) is 7.05. The van der Waals surface area contributed by atoms with Gasteiger partial charge in [0.05, 0.1) is 12.3 Å². The van der Waals surface area contributed by atoms with Crippen molar-refractivity contribution in [2.75, 3.05) is 24.3 Å². The summed E-state index contributed by atoms with van der Waals surface area (Å²) in [4.78, 5) is 41.6. The van der Waals surface area contributed by atoms with Crippen molar-refractivity contribution in [2.45, 2.75) is 6.92 Å². The van der Waals surface area contributed by atoms with Gasteiger partial charge in [0.2, 0.25) is 0 Å². The van der Waals surface area contributed by atoms with Crippen LogP contribution in [0.4, 0.5) is 11.5 Å². The van der Waals surface area contributed by atoms with Crippen LogP contribution in [0.3, 0.4) is 0 Å². The van der Waals surface area contributed by atoms with E-state index in [2.05, 4.69) is 10.3 Å². The van der Waals surface area contributed by atoms with E-state index in [0.717, 1.165) is 10.4 Å². The number of nitrogens with two attached hydrogens (primary N) is 1. The number of esters is 2. The molecule has 3 N–H and O–H groups in total. The van der Waals surface area contributed by atoms with Gasteiger partial charge in [-0.2, -0.15) is 0 Å². The van der Waals surface area contributed by atoms with Gasteiger partial charge in [0.15, 0.2) is 6.61 Å². The van der Waals surface area contributed by atoms with Crippen LogP contribution in [0.1, 0.15) is 27.0 Å². The molecule has 0 aliphatic rings. The Morgan fingerprint density at radius 2 is 1.83 bits per heavy atom. The summed E-state index contributed by atoms with van der Waals surface area (Å²) >= 11 is 1.20. The van der Waals surface area contributed by atoms with Crippen LogP contribution in [0.15, 0.2) is 54.7 Å². The van der Waals surface area contributed by atoms with Crippen LogP contribution >= 0.6 is 11.3 Å². The standard InChI is InChI=1S/C21H19N3O5S/c1-2-28-21(27)18-15(11-16(30-18)13-7-4-3-5-8-13)24-17(25)12-29-20(26)14-9-6-10-23-19(14)22/h3-11H,2,12H2,1H3,(H2,22,23)(H,24,25). The lowest BCUT2D eigenvalue weighted by atomic mass is 10.2. The van der Waals surface area contributed by atoms with Gasteiger partial charge in [-0.15, -0.1) is 11.3 Å². The van der Waals surface area contributed by atoms with Gasteiger partial charge >= 0.3 is 11.9 Å². The maximum atomic E-state index is 12.3. The second kappa shape index (κ2) is 9.66. The number of hydrogen-bond acceptors (Lipinski definition) is 8. The molecule has 0 aliphatic heterocycles. The highest BCUT2D eigenvalue weighted by molar-refractivity contribution is 7.18. The maximum absolute atomic E-state index is 12.3. The molecular weight excluding hydrogens is 406 g/mol. The number of pyridine rings is 1. The number of nitrogens with one attached hydrogen (secondary N) is 1. The third kappa shape index (κ3) is 5.00. The Balaban J connectivity index is 1.73. The molecule has 0 radical (unpaired) electrons. The number of amides is 1. The lowest BCUT2D eigenvalue weighted by Crippen LogP contribution is -2.22. The average Bonchev–Trinajstić information content (AvgIpc) is 3.17. The monoisotopic (exact) mass is 425 g/mol. The summed E-state index contributed by atoms with van der Waals surface area (Å²) in [6.07, 6.45) is 1.44. The predicted octanol–water partition coefficient (Wildman–Crippen LogP) is 3.36. The fraction of sp³-hybridized carbons (Fsp3) is 0.143. The topological polar surface area (TPSA) is 121 Å². The minimum Gasteiger partial charge on any atom is -0.462 e. The molecule has 0 fully saturated rings. The zero-order chi connectivity index (χ0) is 21.5. The number of aromatic nitrogens is 1. The van der Waals surface area contributed by atoms with E-state index in [9.17, 15) is 14.4 Å². The number of benzene rings is 1. The molecule has 0 saturated heterocycles. The Labute approximate surface area is 176 Å². The number of anilines is 2. The largest absolute Gasteiger partial charge is 0.462 e. The van der Waals surface area contributed by atoms with Crippen molar-refractivity contribution in [3.63, 3.8) is 0 Å². The Bertz CT molecular complexity index is 1070. The first kappa shape index (κ1) is 21.0. The van der Waals surface area contributed by atoms with Crippen LogP contribution in [-0.2, 0) is 14.3 Å². The van der Waals surface area contributed by atoms with Crippen molar-refractivity contribution in [1.82, 2.24) is 4.98 Å². The fourth-order valence-electron chi connectivity index (χ4n) is 2.56. The van der Waals surface area contributed by atoms with E-state index < -0.39 is 24.5 Å². The Morgan fingerprint density at radius 3 is 2.53 bits per heavy atom. The van der Waals surface area contributed by atoms with Crippen LogP contribution in [0.25, 0.3) is 10.4 Å². The molecule has 3 rings (SSSR count). The van der Waals surface area contributed by atoms with E-state index in [0.29, 0.717) is 5.69 Å². The van der Waals surface area contributed by atoms with Crippen LogP contribution in [0.2, 0.25) is 0 Å². The van der Waals surface area contributed by atoms with Crippen molar-refractivity contribution in [3.05, 3.63) is 65.2 Å². The molecule has 0 unspecified atom stereocenters. The number of nitrogen functional groups attached to an aromatic ring is 1. The molecule has 8 nitrogen and oxygen atoms in total. The van der Waals surface area contributed by atoms with Gasteiger partial charge in [0.25, 0.3) is 5.91 Å². The van der Waals surface area contributed by atoms with Gasteiger partial charge in [0.1, 0.15) is 16.3 Å². The molecule has 1 aromatic carbocycles. The van der Waals surface area contributed by atoms with Gasteiger partial charge in [-0.05, 0) is 30.7 Å². The molecule has 9 heteroatoms. The second-order valence-electron chi connectivity index (χ2n) is 6.00. The summed E-state index contributed by atoms with van der Waals surface area (Å²) in [5.41, 5.74) is 6.88. The minimum absolute atomic E-state index is 0.0119. The first-order valence-corrected chi connectivity index (χ1v) is 9.85. The zero-order valence-electron chi connectivity index (χ0n) is 16.1. The Morgan fingerprint density at radius 1 is 1.07 bits per heavy atom. The van der Waals surface area contributed by atoms with Gasteiger partial charge in [0, 0.05) is 11.1 Å². The summed E-state index contributed by atoms with van der Waals surface area (Å²) in [7, 11) is 0. The molecule has 154 valence electrons. The Hall–Kier alpha value is -3.72. The number of hydrogen-bond donors (Lipinski definition) is 2. The molecular formula is C21H19N3O5S. The van der Waals surface area contributed by atoms with Crippen LogP contribution < -0.4 is 11.1 Å². The summed E-state index contributed by atoms with van der Waals surface area (Å²) in [5.74, 6) is -1.90. The van der Waals surface area contributed by atoms with Gasteiger partial charge < -0.3 is 20.5 Å². The number of carbonyl (C=O) groups is 3. The molecule has 2 heterocycles. The molecule has 30 heavy (non-hydrogen) atoms. The lowest BCUT2D eigenvalue weighted by molar-refractivity contribution is -0.119. The molecule has 0 bridgehead atoms. The average molecular weight is 425 g/mol. The lowest BCUT2D eigenvalue weighted by Gasteiger charge is -2.08. The van der Waals surface area contributed by atoms with Crippen molar-refractivity contribution < 1.29 is 23.9 Å². The maximum Gasteiger partial charge on any atom is 0.350 e. The van der Waals surface area contributed by atoms with Crippen molar-refractivity contribution in [1.29, 1.82) is 0 Å². The molecule has 1 amide bonds. The molecule has 0 spiro atoms. The quantitative estimate of drug-likeness (QED) is 0.557. The summed E-state index contributed by atoms with van der Waals surface area (Å²) in [6.45, 7) is 1.35. The molecule has 0 saturated carbocycles. The summed E-state index contributed by atoms with van der Waals surface area (Å²) in [6, 6.07) is 14.1. The van der Waals surface area contributed by atoms with E-state index in [1.165, 1.54) is 29.7 Å². The first-order valence-electron chi connectivity index (χ1n) is 9.03. The highest BCUT2D eigenvalue weighted by atomic mass is 32.1. The van der Waals surface area contributed by atoms with Gasteiger partial charge in [-0.25, -0.2) is 14.6 Å². The molecule has 0 aliphatic carbocycles. The van der Waals surface area contributed by atoms with Crippen LogP contribution in [0.5, 0.6) is 0 Å². The SMILES string of the molecule is CCOC(=O)c1sc(-c2ccccc2)cc1NC(=O)COC(=O)c1cccnc1N. The predicted molar refractivity (Wildman–Crippen MR) is 113 cm³/mol. The van der Waals surface area contributed by atoms with E-state index >= 15 is 0 Å². The number of carbonyl (C=O) groups excluding carboxylic acids is 3. The number of thiophene rings is 1. The Kier molecular flexibility index (Phi) is 6.76. The normalized spacial score (nSPS) is 10.3. The van der Waals surface area contributed by atoms with E-state index in [4.69, 9.17) is 15.2 Å². The van der Waals surface area contributed by atoms with Crippen molar-refractivity contribution >= 4 is 40.7 Å². The third-order valence-corrected chi connectivity index (χ3v) is 5.08. The van der Waals surface area contributed by atoms with Crippen molar-refractivity contribution in [3.8, 4) is 10.4 Å². The molecule has 2 aromatic heterocycles. The van der Waals surface area contributed by atoms with Crippen LogP contribution in [-0.4, -0.2) is 36.0 Å². The van der Waals surface area contributed by atoms with Gasteiger partial charge in [-0.3, -0.25) is 4.79 Å². The fourth-order valence-corrected chi connectivity index (χ4v) is 3.57. The molecule has 0 atom stereocenters. The third-order valence-electron chi connectivity index (χ3n) is 3.92. The summed E-state index contributed by atoms with van der Waals surface area (Å²) < 4.78 is 10.1. The van der Waals surface area contributed by atoms with Crippen molar-refractivity contribution in [2.24, 2.45) is 0 Å². The van der Waals surface area contributed by atoms with E-state index in [1.807, 2.05) is 30.3 Å². The highest BCUT2D eigenvalue weighted by Gasteiger charge is 2.21. The smallest absolute Gasteiger partial charge is 0.350 e. The first-order chi connectivity index (χ1) is 14.5. The highest BCUT2D eigenvalue weighted by Crippen LogP contribution is 2.35. The minimum atomic E-state index is -0.767. The number of ether oxygens (including phenoxy) is 2. The zero-order valence-corrected chi connectivity index (χ0v) is 16.9. The van der Waals surface area contributed by atoms with E-state index in [1.54, 1.807) is 13.0 Å². The van der Waals surface area contributed by atoms with E-state index in [-0.39, 0.29) is 22.9 Å². The summed E-state index contributed by atoms with van der Waals surface area (Å²) in [5, 5.41) is 2.61.